The number of hydrogen-bond donors (Lipinski definition) is 2. The third-order valence-electron chi connectivity index (χ3n) is 3.07. The van der Waals surface area contributed by atoms with Crippen molar-refractivity contribution in [2.24, 2.45) is 0 Å². The van der Waals surface area contributed by atoms with Gasteiger partial charge in [0.2, 0.25) is 0 Å². The third kappa shape index (κ3) is 4.43. The number of carbonyl (C=O) groups is 1. The molecule has 0 aromatic heterocycles. The molecule has 0 aliphatic rings. The van der Waals surface area contributed by atoms with Crippen molar-refractivity contribution in [1.29, 1.82) is 0 Å². The normalized spacial score (nSPS) is 10.1. The van der Waals surface area contributed by atoms with Gasteiger partial charge in [-0.3, -0.25) is 0 Å². The van der Waals surface area contributed by atoms with Crippen LogP contribution in [0, 0.1) is 13.8 Å². The Labute approximate surface area is 120 Å². The van der Waals surface area contributed by atoms with Gasteiger partial charge < -0.3 is 10.6 Å². The standard InChI is InChI=1S/C17H20N2O/c1-13-5-3-7-15(9-13)11-18-17(20)19-12-16-8-4-6-14(2)10-16/h3-10H,11-12H2,1-2H3,(H2,18,19,20). The summed E-state index contributed by atoms with van der Waals surface area (Å²) in [5, 5.41) is 5.72. The maximum absolute atomic E-state index is 11.7. The molecule has 0 saturated heterocycles. The summed E-state index contributed by atoms with van der Waals surface area (Å²) >= 11 is 0. The van der Waals surface area contributed by atoms with Crippen LogP contribution < -0.4 is 10.6 Å². The summed E-state index contributed by atoms with van der Waals surface area (Å²) < 4.78 is 0. The molecular weight excluding hydrogens is 248 g/mol. The van der Waals surface area contributed by atoms with Gasteiger partial charge in [-0.2, -0.15) is 0 Å². The van der Waals surface area contributed by atoms with Crippen molar-refractivity contribution in [3.05, 3.63) is 70.8 Å². The van der Waals surface area contributed by atoms with Gasteiger partial charge >= 0.3 is 6.03 Å². The van der Waals surface area contributed by atoms with Crippen LogP contribution in [0.2, 0.25) is 0 Å². The van der Waals surface area contributed by atoms with Crippen LogP contribution in [0.4, 0.5) is 4.79 Å². The highest BCUT2D eigenvalue weighted by molar-refractivity contribution is 5.73. The topological polar surface area (TPSA) is 41.1 Å². The minimum Gasteiger partial charge on any atom is -0.334 e. The van der Waals surface area contributed by atoms with E-state index in [4.69, 9.17) is 0 Å². The summed E-state index contributed by atoms with van der Waals surface area (Å²) in [4.78, 5) is 11.7. The van der Waals surface area contributed by atoms with Crippen LogP contribution in [0.25, 0.3) is 0 Å². The predicted molar refractivity (Wildman–Crippen MR) is 81.4 cm³/mol. The summed E-state index contributed by atoms with van der Waals surface area (Å²) in [7, 11) is 0. The van der Waals surface area contributed by atoms with Gasteiger partial charge in [-0.05, 0) is 25.0 Å². The first-order valence-corrected chi connectivity index (χ1v) is 6.76. The first-order chi connectivity index (χ1) is 9.63. The summed E-state index contributed by atoms with van der Waals surface area (Å²) in [6.45, 7) is 5.17. The van der Waals surface area contributed by atoms with Crippen LogP contribution in [0.15, 0.2) is 48.5 Å². The number of carbonyl (C=O) groups excluding carboxylic acids is 1. The van der Waals surface area contributed by atoms with Crippen molar-refractivity contribution >= 4 is 6.03 Å². The summed E-state index contributed by atoms with van der Waals surface area (Å²) in [6.07, 6.45) is 0. The van der Waals surface area contributed by atoms with Crippen molar-refractivity contribution in [1.82, 2.24) is 10.6 Å². The fraction of sp³-hybridized carbons (Fsp3) is 0.235. The number of hydrogen-bond acceptors (Lipinski definition) is 1. The van der Waals surface area contributed by atoms with E-state index in [0.29, 0.717) is 13.1 Å². The second kappa shape index (κ2) is 6.75. The number of amides is 2. The van der Waals surface area contributed by atoms with E-state index >= 15 is 0 Å². The molecule has 0 saturated carbocycles. The minimum absolute atomic E-state index is 0.145. The van der Waals surface area contributed by atoms with Gasteiger partial charge in [-0.25, -0.2) is 4.79 Å². The Morgan fingerprint density at radius 3 is 1.70 bits per heavy atom. The Morgan fingerprint density at radius 1 is 0.850 bits per heavy atom. The van der Waals surface area contributed by atoms with Gasteiger partial charge in [0.05, 0.1) is 0 Å². The lowest BCUT2D eigenvalue weighted by molar-refractivity contribution is 0.240. The number of benzene rings is 2. The van der Waals surface area contributed by atoms with Crippen LogP contribution in [0.1, 0.15) is 22.3 Å². The molecule has 0 bridgehead atoms. The molecule has 0 atom stereocenters. The van der Waals surface area contributed by atoms with Gasteiger partial charge in [0.15, 0.2) is 0 Å². The quantitative estimate of drug-likeness (QED) is 0.877. The highest BCUT2D eigenvalue weighted by Gasteiger charge is 2.01. The average molecular weight is 268 g/mol. The number of urea groups is 1. The summed E-state index contributed by atoms with van der Waals surface area (Å²) in [5.41, 5.74) is 4.61. The molecule has 0 aliphatic carbocycles. The predicted octanol–water partition coefficient (Wildman–Crippen LogP) is 3.30. The van der Waals surface area contributed by atoms with Crippen LogP contribution in [0.3, 0.4) is 0 Å². The Morgan fingerprint density at radius 2 is 1.30 bits per heavy atom. The molecule has 104 valence electrons. The zero-order valence-electron chi connectivity index (χ0n) is 11.9. The first-order valence-electron chi connectivity index (χ1n) is 6.76. The molecule has 3 heteroatoms. The van der Waals surface area contributed by atoms with E-state index in [9.17, 15) is 4.79 Å². The summed E-state index contributed by atoms with van der Waals surface area (Å²) in [5.74, 6) is 0. The second-order valence-electron chi connectivity index (χ2n) is 5.01. The first kappa shape index (κ1) is 14.1. The van der Waals surface area contributed by atoms with Gasteiger partial charge in [0.25, 0.3) is 0 Å². The maximum Gasteiger partial charge on any atom is 0.315 e. The Balaban J connectivity index is 1.78. The van der Waals surface area contributed by atoms with Gasteiger partial charge in [0, 0.05) is 13.1 Å². The lowest BCUT2D eigenvalue weighted by Crippen LogP contribution is -2.34. The molecule has 0 spiro atoms. The van der Waals surface area contributed by atoms with Crippen molar-refractivity contribution in [2.75, 3.05) is 0 Å². The largest absolute Gasteiger partial charge is 0.334 e. The summed E-state index contributed by atoms with van der Waals surface area (Å²) in [6, 6.07) is 16.1. The van der Waals surface area contributed by atoms with Crippen LogP contribution >= 0.6 is 0 Å². The van der Waals surface area contributed by atoms with Crippen molar-refractivity contribution in [3.8, 4) is 0 Å². The smallest absolute Gasteiger partial charge is 0.315 e. The lowest BCUT2D eigenvalue weighted by Gasteiger charge is -2.08. The molecule has 2 rings (SSSR count). The Bertz CT molecular complexity index is 542. The molecule has 0 fully saturated rings. The third-order valence-corrected chi connectivity index (χ3v) is 3.07. The molecule has 0 unspecified atom stereocenters. The fourth-order valence-corrected chi connectivity index (χ4v) is 2.07. The molecule has 2 aromatic carbocycles. The van der Waals surface area contributed by atoms with E-state index in [1.54, 1.807) is 0 Å². The van der Waals surface area contributed by atoms with Gasteiger partial charge in [-0.1, -0.05) is 59.7 Å². The van der Waals surface area contributed by atoms with Gasteiger partial charge in [-0.15, -0.1) is 0 Å². The molecule has 20 heavy (non-hydrogen) atoms. The number of aryl methyl sites for hydroxylation is 2. The minimum atomic E-state index is -0.145. The highest BCUT2D eigenvalue weighted by Crippen LogP contribution is 2.04. The highest BCUT2D eigenvalue weighted by atomic mass is 16.2. The Hall–Kier alpha value is -2.29. The molecule has 0 radical (unpaired) electrons. The van der Waals surface area contributed by atoms with Crippen LogP contribution in [0.5, 0.6) is 0 Å². The second-order valence-corrected chi connectivity index (χ2v) is 5.01. The number of rotatable bonds is 4. The monoisotopic (exact) mass is 268 g/mol. The molecule has 0 aliphatic heterocycles. The maximum atomic E-state index is 11.7. The van der Waals surface area contributed by atoms with Crippen LogP contribution in [-0.2, 0) is 13.1 Å². The van der Waals surface area contributed by atoms with Crippen molar-refractivity contribution < 1.29 is 4.79 Å². The zero-order chi connectivity index (χ0) is 14.4. The van der Waals surface area contributed by atoms with Crippen molar-refractivity contribution in [2.45, 2.75) is 26.9 Å². The molecular formula is C17H20N2O. The molecule has 0 heterocycles. The van der Waals surface area contributed by atoms with E-state index in [0.717, 1.165) is 11.1 Å². The number of nitrogens with one attached hydrogen (secondary N) is 2. The Kier molecular flexibility index (Phi) is 4.77. The van der Waals surface area contributed by atoms with Crippen LogP contribution in [-0.4, -0.2) is 6.03 Å². The lowest BCUT2D eigenvalue weighted by atomic mass is 10.1. The van der Waals surface area contributed by atoms with E-state index < -0.39 is 0 Å². The molecule has 2 amide bonds. The molecule has 3 nitrogen and oxygen atoms in total. The van der Waals surface area contributed by atoms with E-state index in [1.807, 2.05) is 50.2 Å². The average Bonchev–Trinajstić information content (AvgIpc) is 2.43. The van der Waals surface area contributed by atoms with E-state index in [1.165, 1.54) is 11.1 Å². The van der Waals surface area contributed by atoms with Crippen molar-refractivity contribution in [3.63, 3.8) is 0 Å². The van der Waals surface area contributed by atoms with E-state index in [2.05, 4.69) is 22.8 Å². The van der Waals surface area contributed by atoms with E-state index in [-0.39, 0.29) is 6.03 Å². The molecule has 2 aromatic rings. The SMILES string of the molecule is Cc1cccc(CNC(=O)NCc2cccc(C)c2)c1. The van der Waals surface area contributed by atoms with Gasteiger partial charge in [0.1, 0.15) is 0 Å². The fourth-order valence-electron chi connectivity index (χ4n) is 2.07. The zero-order valence-corrected chi connectivity index (χ0v) is 11.9. The molecule has 2 N–H and O–H groups in total.